The second kappa shape index (κ2) is 12.3. The maximum absolute atomic E-state index is 12.2. The quantitative estimate of drug-likeness (QED) is 0.195. The number of hydrazone groups is 1. The van der Waals surface area contributed by atoms with Gasteiger partial charge in [-0.1, -0.05) is 18.2 Å². The van der Waals surface area contributed by atoms with Crippen LogP contribution in [-0.4, -0.2) is 37.9 Å². The van der Waals surface area contributed by atoms with Crippen molar-refractivity contribution in [1.29, 1.82) is 0 Å². The van der Waals surface area contributed by atoms with Gasteiger partial charge in [0.05, 0.1) is 19.4 Å². The lowest BCUT2D eigenvalue weighted by atomic mass is 10.2. The van der Waals surface area contributed by atoms with E-state index < -0.39 is 11.9 Å². The number of nitrogens with one attached hydrogen (secondary N) is 1. The molecule has 1 aromatic heterocycles. The monoisotopic (exact) mass is 468 g/mol. The van der Waals surface area contributed by atoms with E-state index in [-0.39, 0.29) is 6.61 Å². The van der Waals surface area contributed by atoms with Crippen molar-refractivity contribution in [2.45, 2.75) is 13.8 Å². The van der Waals surface area contributed by atoms with E-state index in [1.54, 1.807) is 53.9 Å². The van der Waals surface area contributed by atoms with Gasteiger partial charge < -0.3 is 18.9 Å². The number of benzene rings is 2. The number of amides is 1. The Morgan fingerprint density at radius 2 is 1.64 bits per heavy atom. The molecule has 9 heteroatoms. The average molecular weight is 469 g/mol. The maximum atomic E-state index is 12.2. The first kappa shape index (κ1) is 23.8. The molecule has 0 saturated carbocycles. The Morgan fingerprint density at radius 1 is 0.909 bits per heavy atom. The van der Waals surface area contributed by atoms with E-state index in [4.69, 9.17) is 18.9 Å². The van der Waals surface area contributed by atoms with Crippen LogP contribution in [0.3, 0.4) is 0 Å². The van der Waals surface area contributed by atoms with Gasteiger partial charge in [0.1, 0.15) is 4.88 Å². The van der Waals surface area contributed by atoms with E-state index in [2.05, 4.69) is 10.5 Å². The molecule has 0 atom stereocenters. The number of nitrogens with zero attached hydrogens (tertiary/aromatic N) is 1. The summed E-state index contributed by atoms with van der Waals surface area (Å²) >= 11 is 1.30. The Hall–Kier alpha value is -3.85. The molecule has 3 rings (SSSR count). The number of esters is 1. The highest BCUT2D eigenvalue weighted by Crippen LogP contribution is 2.29. The summed E-state index contributed by atoms with van der Waals surface area (Å²) in [5.74, 6) is 0.869. The zero-order valence-corrected chi connectivity index (χ0v) is 19.1. The van der Waals surface area contributed by atoms with E-state index in [1.165, 1.54) is 17.6 Å². The lowest BCUT2D eigenvalue weighted by Crippen LogP contribution is -2.24. The first-order chi connectivity index (χ1) is 16.1. The molecule has 1 amide bonds. The molecule has 0 spiro atoms. The number of hydrogen-bond donors (Lipinski definition) is 1. The Morgan fingerprint density at radius 3 is 2.33 bits per heavy atom. The van der Waals surface area contributed by atoms with Gasteiger partial charge >= 0.3 is 5.97 Å². The van der Waals surface area contributed by atoms with Crippen LogP contribution in [-0.2, 0) is 4.79 Å². The van der Waals surface area contributed by atoms with Gasteiger partial charge in [-0.25, -0.2) is 10.2 Å². The molecule has 3 aromatic rings. The van der Waals surface area contributed by atoms with Crippen LogP contribution in [0.15, 0.2) is 65.1 Å². The maximum Gasteiger partial charge on any atom is 0.353 e. The van der Waals surface area contributed by atoms with Crippen molar-refractivity contribution in [1.82, 2.24) is 5.43 Å². The second-order valence-corrected chi connectivity index (χ2v) is 7.42. The van der Waals surface area contributed by atoms with Crippen molar-refractivity contribution < 1.29 is 28.5 Å². The summed E-state index contributed by atoms with van der Waals surface area (Å²) in [7, 11) is 0. The SMILES string of the molecule is CCOc1ccccc1OCC(=O)N/N=C\c1ccc(OC(=O)c2cccs2)c(OCC)c1. The van der Waals surface area contributed by atoms with Crippen LogP contribution in [0.4, 0.5) is 0 Å². The van der Waals surface area contributed by atoms with Crippen molar-refractivity contribution in [3.05, 3.63) is 70.4 Å². The molecule has 2 aromatic carbocycles. The third-order valence-electron chi connectivity index (χ3n) is 4.10. The fraction of sp³-hybridized carbons (Fsp3) is 0.208. The Labute approximate surface area is 195 Å². The fourth-order valence-corrected chi connectivity index (χ4v) is 3.30. The smallest absolute Gasteiger partial charge is 0.353 e. The third-order valence-corrected chi connectivity index (χ3v) is 4.95. The van der Waals surface area contributed by atoms with E-state index in [1.807, 2.05) is 19.9 Å². The van der Waals surface area contributed by atoms with E-state index in [9.17, 15) is 9.59 Å². The summed E-state index contributed by atoms with van der Waals surface area (Å²) < 4.78 is 22.0. The lowest BCUT2D eigenvalue weighted by molar-refractivity contribution is -0.123. The van der Waals surface area contributed by atoms with Crippen molar-refractivity contribution in [2.75, 3.05) is 19.8 Å². The highest BCUT2D eigenvalue weighted by atomic mass is 32.1. The van der Waals surface area contributed by atoms with Gasteiger partial charge in [-0.2, -0.15) is 5.10 Å². The van der Waals surface area contributed by atoms with Crippen LogP contribution in [0.1, 0.15) is 29.1 Å². The number of ether oxygens (including phenoxy) is 4. The third kappa shape index (κ3) is 7.08. The highest BCUT2D eigenvalue weighted by molar-refractivity contribution is 7.12. The van der Waals surface area contributed by atoms with E-state index >= 15 is 0 Å². The molecule has 0 aliphatic heterocycles. The van der Waals surface area contributed by atoms with Crippen LogP contribution in [0, 0.1) is 0 Å². The van der Waals surface area contributed by atoms with Crippen molar-refractivity contribution >= 4 is 29.4 Å². The van der Waals surface area contributed by atoms with Gasteiger partial charge in [0.15, 0.2) is 29.6 Å². The highest BCUT2D eigenvalue weighted by Gasteiger charge is 2.14. The van der Waals surface area contributed by atoms with Gasteiger partial charge in [-0.15, -0.1) is 11.3 Å². The Kier molecular flexibility index (Phi) is 8.84. The summed E-state index contributed by atoms with van der Waals surface area (Å²) in [6.45, 7) is 4.36. The Bertz CT molecular complexity index is 1100. The zero-order chi connectivity index (χ0) is 23.5. The van der Waals surface area contributed by atoms with Gasteiger partial charge in [-0.05, 0) is 61.2 Å². The number of carbonyl (C=O) groups excluding carboxylic acids is 2. The van der Waals surface area contributed by atoms with Crippen LogP contribution in [0.25, 0.3) is 0 Å². The molecule has 0 bridgehead atoms. The summed E-state index contributed by atoms with van der Waals surface area (Å²) in [6.07, 6.45) is 1.46. The predicted octanol–water partition coefficient (Wildman–Crippen LogP) is 4.29. The summed E-state index contributed by atoms with van der Waals surface area (Å²) in [5.41, 5.74) is 3.06. The molecular formula is C24H24N2O6S. The minimum Gasteiger partial charge on any atom is -0.490 e. The van der Waals surface area contributed by atoms with Crippen molar-refractivity contribution in [2.24, 2.45) is 5.10 Å². The minimum absolute atomic E-state index is 0.219. The Balaban J connectivity index is 1.57. The van der Waals surface area contributed by atoms with Crippen LogP contribution in [0.2, 0.25) is 0 Å². The molecule has 0 aliphatic rings. The van der Waals surface area contributed by atoms with Gasteiger partial charge in [0, 0.05) is 0 Å². The van der Waals surface area contributed by atoms with Gasteiger partial charge in [0.25, 0.3) is 5.91 Å². The summed E-state index contributed by atoms with van der Waals surface area (Å²) in [5, 5.41) is 5.75. The predicted molar refractivity (Wildman–Crippen MR) is 126 cm³/mol. The van der Waals surface area contributed by atoms with E-state index in [0.29, 0.717) is 46.7 Å². The van der Waals surface area contributed by atoms with Gasteiger partial charge in [-0.3, -0.25) is 4.79 Å². The first-order valence-corrected chi connectivity index (χ1v) is 11.2. The molecule has 172 valence electrons. The molecule has 0 unspecified atom stereocenters. The van der Waals surface area contributed by atoms with Crippen LogP contribution in [0.5, 0.6) is 23.0 Å². The normalized spacial score (nSPS) is 10.6. The van der Waals surface area contributed by atoms with Crippen LogP contribution >= 0.6 is 11.3 Å². The lowest BCUT2D eigenvalue weighted by Gasteiger charge is -2.11. The number of hydrogen-bond acceptors (Lipinski definition) is 8. The number of thiophene rings is 1. The molecule has 1 N–H and O–H groups in total. The van der Waals surface area contributed by atoms with Crippen LogP contribution < -0.4 is 24.4 Å². The molecule has 0 fully saturated rings. The largest absolute Gasteiger partial charge is 0.490 e. The molecule has 0 saturated heterocycles. The number of carbonyl (C=O) groups is 2. The molecule has 0 radical (unpaired) electrons. The first-order valence-electron chi connectivity index (χ1n) is 10.3. The number of para-hydroxylation sites is 2. The molecular weight excluding hydrogens is 444 g/mol. The second-order valence-electron chi connectivity index (χ2n) is 6.47. The molecule has 0 aliphatic carbocycles. The average Bonchev–Trinajstić information content (AvgIpc) is 3.36. The van der Waals surface area contributed by atoms with Crippen molar-refractivity contribution in [3.8, 4) is 23.0 Å². The van der Waals surface area contributed by atoms with Crippen molar-refractivity contribution in [3.63, 3.8) is 0 Å². The summed E-state index contributed by atoms with van der Waals surface area (Å²) in [4.78, 5) is 24.8. The van der Waals surface area contributed by atoms with E-state index in [0.717, 1.165) is 0 Å². The molecule has 1 heterocycles. The molecule has 33 heavy (non-hydrogen) atoms. The standard InChI is InChI=1S/C24H24N2O6S/c1-3-29-18-8-5-6-9-19(18)31-16-23(27)26-25-15-17-11-12-20(21(14-17)30-4-2)32-24(28)22-10-7-13-33-22/h5-15H,3-4,16H2,1-2H3,(H,26,27)/b25-15-. The summed E-state index contributed by atoms with van der Waals surface area (Å²) in [6, 6.07) is 15.6. The van der Waals surface area contributed by atoms with Gasteiger partial charge in [0.2, 0.25) is 0 Å². The zero-order valence-electron chi connectivity index (χ0n) is 18.3. The fourth-order valence-electron chi connectivity index (χ4n) is 2.70. The molecule has 8 nitrogen and oxygen atoms in total. The minimum atomic E-state index is -0.453. The number of rotatable bonds is 11. The topological polar surface area (TPSA) is 95.5 Å².